The first kappa shape index (κ1) is 14.4. The molecule has 0 aliphatic rings. The van der Waals surface area contributed by atoms with Crippen molar-refractivity contribution in [2.45, 2.75) is 40.0 Å². The number of aryl methyl sites for hydroxylation is 2. The molecule has 2 aromatic rings. The number of hydrogen-bond donors (Lipinski definition) is 2. The Labute approximate surface area is 120 Å². The lowest BCUT2D eigenvalue weighted by Crippen LogP contribution is -1.96. The lowest BCUT2D eigenvalue weighted by molar-refractivity contribution is 0.451. The molecule has 0 radical (unpaired) electrons. The van der Waals surface area contributed by atoms with E-state index in [0.717, 1.165) is 28.7 Å². The highest BCUT2D eigenvalue weighted by Gasteiger charge is 2.18. The normalized spacial score (nSPS) is 10.8. The molecule has 0 amide bonds. The van der Waals surface area contributed by atoms with Crippen LogP contribution in [0.5, 0.6) is 11.5 Å². The van der Waals surface area contributed by atoms with Crippen molar-refractivity contribution in [3.63, 3.8) is 0 Å². The number of phenolic OH excluding ortho intramolecular Hbond substituents is 2. The maximum atomic E-state index is 10.6. The van der Waals surface area contributed by atoms with Gasteiger partial charge in [-0.2, -0.15) is 0 Å². The maximum absolute atomic E-state index is 10.6. The summed E-state index contributed by atoms with van der Waals surface area (Å²) in [5.41, 5.74) is 4.61. The highest BCUT2D eigenvalue weighted by Crippen LogP contribution is 2.42. The zero-order valence-corrected chi connectivity index (χ0v) is 12.4. The average molecular weight is 270 g/mol. The molecule has 0 saturated carbocycles. The number of rotatable bonds is 4. The summed E-state index contributed by atoms with van der Waals surface area (Å²) in [6.07, 6.45) is 2.29. The zero-order chi connectivity index (χ0) is 14.7. The molecule has 0 unspecified atom stereocenters. The summed E-state index contributed by atoms with van der Waals surface area (Å²) in [4.78, 5) is 0. The molecule has 0 fully saturated rings. The molecular weight excluding hydrogens is 248 g/mol. The van der Waals surface area contributed by atoms with Crippen LogP contribution in [0, 0.1) is 0 Å². The summed E-state index contributed by atoms with van der Waals surface area (Å²) in [5, 5.41) is 20.8. The highest BCUT2D eigenvalue weighted by atomic mass is 16.3. The lowest BCUT2D eigenvalue weighted by Gasteiger charge is -2.18. The molecule has 2 aromatic carbocycles. The summed E-state index contributed by atoms with van der Waals surface area (Å²) in [6.45, 7) is 6.08. The van der Waals surface area contributed by atoms with Crippen molar-refractivity contribution >= 4 is 0 Å². The fourth-order valence-electron chi connectivity index (χ4n) is 2.74. The minimum atomic E-state index is 0.281. The van der Waals surface area contributed by atoms with E-state index in [1.807, 2.05) is 32.0 Å². The summed E-state index contributed by atoms with van der Waals surface area (Å²) >= 11 is 0. The Hall–Kier alpha value is -1.96. The molecule has 2 nitrogen and oxygen atoms in total. The fraction of sp³-hybridized carbons (Fsp3) is 0.333. The summed E-state index contributed by atoms with van der Waals surface area (Å²) in [5.74, 6) is 0.589. The predicted octanol–water partition coefficient (Wildman–Crippen LogP) is 4.45. The summed E-state index contributed by atoms with van der Waals surface area (Å²) < 4.78 is 0. The highest BCUT2D eigenvalue weighted by molar-refractivity contribution is 5.80. The molecule has 0 saturated heterocycles. The molecule has 2 heteroatoms. The Kier molecular flexibility index (Phi) is 4.33. The second-order valence-corrected chi connectivity index (χ2v) is 4.97. The predicted molar refractivity (Wildman–Crippen MR) is 83.3 cm³/mol. The third-order valence-corrected chi connectivity index (χ3v) is 3.86. The van der Waals surface area contributed by atoms with Gasteiger partial charge in [-0.1, -0.05) is 45.0 Å². The molecule has 0 aliphatic heterocycles. The molecule has 0 aromatic heterocycles. The van der Waals surface area contributed by atoms with Gasteiger partial charge in [-0.25, -0.2) is 0 Å². The maximum Gasteiger partial charge on any atom is 0.127 e. The molecule has 106 valence electrons. The smallest absolute Gasteiger partial charge is 0.127 e. The van der Waals surface area contributed by atoms with Crippen LogP contribution in [0.25, 0.3) is 11.1 Å². The third kappa shape index (κ3) is 2.38. The van der Waals surface area contributed by atoms with Crippen molar-refractivity contribution in [2.75, 3.05) is 0 Å². The van der Waals surface area contributed by atoms with Crippen LogP contribution in [0.2, 0.25) is 0 Å². The van der Waals surface area contributed by atoms with Gasteiger partial charge in [0.25, 0.3) is 0 Å². The van der Waals surface area contributed by atoms with Crippen LogP contribution in [0.3, 0.4) is 0 Å². The van der Waals surface area contributed by atoms with Gasteiger partial charge in [0.15, 0.2) is 0 Å². The largest absolute Gasteiger partial charge is 0.508 e. The number of phenols is 2. The first-order chi connectivity index (χ1) is 9.63. The van der Waals surface area contributed by atoms with Gasteiger partial charge in [-0.3, -0.25) is 0 Å². The monoisotopic (exact) mass is 270 g/mol. The van der Waals surface area contributed by atoms with Crippen LogP contribution >= 0.6 is 0 Å². The molecule has 2 rings (SSSR count). The van der Waals surface area contributed by atoms with Crippen LogP contribution in [0.4, 0.5) is 0 Å². The Balaban J connectivity index is 2.81. The SMILES string of the molecule is CCc1ccccc1-c1c(O)c(CC)cc(O)c1CC. The van der Waals surface area contributed by atoms with Gasteiger partial charge >= 0.3 is 0 Å². The van der Waals surface area contributed by atoms with E-state index >= 15 is 0 Å². The van der Waals surface area contributed by atoms with E-state index in [2.05, 4.69) is 13.0 Å². The van der Waals surface area contributed by atoms with Crippen LogP contribution in [0.15, 0.2) is 30.3 Å². The summed E-state index contributed by atoms with van der Waals surface area (Å²) in [7, 11) is 0. The molecule has 0 atom stereocenters. The number of aromatic hydroxyl groups is 2. The second kappa shape index (κ2) is 6.00. The van der Waals surface area contributed by atoms with E-state index in [1.165, 1.54) is 5.56 Å². The van der Waals surface area contributed by atoms with Gasteiger partial charge in [0.1, 0.15) is 11.5 Å². The standard InChI is InChI=1S/C18H22O2/c1-4-12-9-7-8-10-15(12)17-14(6-3)16(19)11-13(5-2)18(17)20/h7-11,19-20H,4-6H2,1-3H3. The number of hydrogen-bond acceptors (Lipinski definition) is 2. The van der Waals surface area contributed by atoms with Gasteiger partial charge in [-0.15, -0.1) is 0 Å². The second-order valence-electron chi connectivity index (χ2n) is 4.97. The Morgan fingerprint density at radius 2 is 1.50 bits per heavy atom. The average Bonchev–Trinajstić information content (AvgIpc) is 2.48. The van der Waals surface area contributed by atoms with Crippen LogP contribution in [-0.4, -0.2) is 10.2 Å². The van der Waals surface area contributed by atoms with Crippen molar-refractivity contribution in [3.05, 3.63) is 47.0 Å². The van der Waals surface area contributed by atoms with Crippen LogP contribution in [-0.2, 0) is 19.3 Å². The van der Waals surface area contributed by atoms with Gasteiger partial charge in [0, 0.05) is 11.1 Å². The Morgan fingerprint density at radius 3 is 2.10 bits per heavy atom. The Bertz CT molecular complexity index is 615. The van der Waals surface area contributed by atoms with E-state index in [-0.39, 0.29) is 5.75 Å². The van der Waals surface area contributed by atoms with Crippen LogP contribution < -0.4 is 0 Å². The molecule has 0 spiro atoms. The Morgan fingerprint density at radius 1 is 0.850 bits per heavy atom. The minimum absolute atomic E-state index is 0.281. The molecule has 0 aliphatic carbocycles. The summed E-state index contributed by atoms with van der Waals surface area (Å²) in [6, 6.07) is 9.76. The van der Waals surface area contributed by atoms with E-state index in [9.17, 15) is 10.2 Å². The first-order valence-corrected chi connectivity index (χ1v) is 7.28. The minimum Gasteiger partial charge on any atom is -0.508 e. The van der Waals surface area contributed by atoms with Crippen molar-refractivity contribution in [1.82, 2.24) is 0 Å². The van der Waals surface area contributed by atoms with E-state index in [0.29, 0.717) is 18.6 Å². The van der Waals surface area contributed by atoms with E-state index < -0.39 is 0 Å². The topological polar surface area (TPSA) is 40.5 Å². The molecule has 0 heterocycles. The molecule has 2 N–H and O–H groups in total. The van der Waals surface area contributed by atoms with Gasteiger partial charge < -0.3 is 10.2 Å². The van der Waals surface area contributed by atoms with Gasteiger partial charge in [-0.05, 0) is 42.0 Å². The molecule has 20 heavy (non-hydrogen) atoms. The van der Waals surface area contributed by atoms with Crippen molar-refractivity contribution in [1.29, 1.82) is 0 Å². The van der Waals surface area contributed by atoms with Crippen molar-refractivity contribution in [3.8, 4) is 22.6 Å². The lowest BCUT2D eigenvalue weighted by atomic mass is 9.89. The third-order valence-electron chi connectivity index (χ3n) is 3.86. The first-order valence-electron chi connectivity index (χ1n) is 7.28. The molecule has 0 bridgehead atoms. The molecular formula is C18H22O2. The van der Waals surface area contributed by atoms with Gasteiger partial charge in [0.05, 0.1) is 0 Å². The van der Waals surface area contributed by atoms with Gasteiger partial charge in [0.2, 0.25) is 0 Å². The zero-order valence-electron chi connectivity index (χ0n) is 12.4. The van der Waals surface area contributed by atoms with Crippen molar-refractivity contribution < 1.29 is 10.2 Å². The van der Waals surface area contributed by atoms with E-state index in [1.54, 1.807) is 6.07 Å². The van der Waals surface area contributed by atoms with E-state index in [4.69, 9.17) is 0 Å². The van der Waals surface area contributed by atoms with Crippen LogP contribution in [0.1, 0.15) is 37.5 Å². The van der Waals surface area contributed by atoms with Crippen molar-refractivity contribution in [2.24, 2.45) is 0 Å². The number of benzene rings is 2. The fourth-order valence-corrected chi connectivity index (χ4v) is 2.74. The quantitative estimate of drug-likeness (QED) is 0.806.